The largest absolute Gasteiger partial charge is 0.489 e. The quantitative estimate of drug-likeness (QED) is 0.712. The van der Waals surface area contributed by atoms with Gasteiger partial charge in [-0.3, -0.25) is 0 Å². The van der Waals surface area contributed by atoms with E-state index in [0.717, 1.165) is 36.8 Å². The second-order valence-corrected chi connectivity index (χ2v) is 7.03. The van der Waals surface area contributed by atoms with E-state index in [9.17, 15) is 9.90 Å². The molecule has 0 spiro atoms. The molecule has 0 aromatic heterocycles. The molecule has 2 aromatic carbocycles. The van der Waals surface area contributed by atoms with Crippen molar-refractivity contribution in [2.24, 2.45) is 0 Å². The first-order valence-corrected chi connectivity index (χ1v) is 9.56. The number of amides is 2. The Bertz CT molecular complexity index is 822. The van der Waals surface area contributed by atoms with Crippen LogP contribution in [0.5, 0.6) is 5.75 Å². The topological polar surface area (TPSA) is 94.4 Å². The molecule has 0 aliphatic heterocycles. The Labute approximate surface area is 165 Å². The van der Waals surface area contributed by atoms with Gasteiger partial charge < -0.3 is 20.5 Å². The van der Waals surface area contributed by atoms with Gasteiger partial charge in [-0.05, 0) is 49.4 Å². The third-order valence-corrected chi connectivity index (χ3v) is 4.90. The first-order valence-electron chi connectivity index (χ1n) is 9.56. The van der Waals surface area contributed by atoms with Crippen LogP contribution in [-0.2, 0) is 13.0 Å². The molecule has 2 amide bonds. The number of nitrogens with zero attached hydrogens (tertiary/aromatic N) is 1. The highest BCUT2D eigenvalue weighted by Crippen LogP contribution is 2.21. The molecule has 6 heteroatoms. The summed E-state index contributed by atoms with van der Waals surface area (Å²) in [6, 6.07) is 16.9. The Morgan fingerprint density at radius 2 is 1.82 bits per heavy atom. The zero-order valence-electron chi connectivity index (χ0n) is 15.7. The number of anilines is 1. The van der Waals surface area contributed by atoms with Crippen LogP contribution < -0.4 is 15.4 Å². The number of carbonyl (C=O) groups excluding carboxylic acids is 1. The molecule has 0 saturated heterocycles. The summed E-state index contributed by atoms with van der Waals surface area (Å²) in [7, 11) is 0. The zero-order chi connectivity index (χ0) is 19.8. The third kappa shape index (κ3) is 5.73. The number of hydrogen-bond acceptors (Lipinski definition) is 4. The molecule has 0 atom stereocenters. The van der Waals surface area contributed by atoms with Crippen LogP contribution >= 0.6 is 0 Å². The fourth-order valence-electron chi connectivity index (χ4n) is 3.29. The Kier molecular flexibility index (Phi) is 6.88. The molecule has 28 heavy (non-hydrogen) atoms. The molecule has 1 aliphatic rings. The Morgan fingerprint density at radius 3 is 2.54 bits per heavy atom. The second kappa shape index (κ2) is 9.77. The lowest BCUT2D eigenvalue weighted by Gasteiger charge is -2.26. The molecular weight excluding hydrogens is 354 g/mol. The predicted octanol–water partition coefficient (Wildman–Crippen LogP) is 3.76. The lowest BCUT2D eigenvalue weighted by Crippen LogP contribution is -2.41. The van der Waals surface area contributed by atoms with Crippen molar-refractivity contribution < 1.29 is 14.6 Å². The summed E-state index contributed by atoms with van der Waals surface area (Å²) >= 11 is 0. The Morgan fingerprint density at radius 1 is 1.11 bits per heavy atom. The van der Waals surface area contributed by atoms with Crippen molar-refractivity contribution in [3.05, 3.63) is 59.7 Å². The molecule has 3 N–H and O–H groups in total. The van der Waals surface area contributed by atoms with Gasteiger partial charge in [0.2, 0.25) is 0 Å². The van der Waals surface area contributed by atoms with E-state index < -0.39 is 0 Å². The van der Waals surface area contributed by atoms with E-state index >= 15 is 0 Å². The number of ether oxygens (including phenoxy) is 1. The van der Waals surface area contributed by atoms with E-state index in [1.165, 1.54) is 0 Å². The summed E-state index contributed by atoms with van der Waals surface area (Å²) in [5, 5.41) is 24.2. The monoisotopic (exact) mass is 379 g/mol. The minimum atomic E-state index is -0.243. The van der Waals surface area contributed by atoms with Gasteiger partial charge in [0.05, 0.1) is 18.6 Å². The highest BCUT2D eigenvalue weighted by atomic mass is 16.5. The van der Waals surface area contributed by atoms with Crippen LogP contribution in [0.3, 0.4) is 0 Å². The molecule has 146 valence electrons. The number of carbonyl (C=O) groups is 1. The molecule has 0 heterocycles. The third-order valence-electron chi connectivity index (χ3n) is 4.90. The Balaban J connectivity index is 1.55. The predicted molar refractivity (Wildman–Crippen MR) is 107 cm³/mol. The van der Waals surface area contributed by atoms with Crippen molar-refractivity contribution in [1.82, 2.24) is 5.32 Å². The van der Waals surface area contributed by atoms with Crippen LogP contribution in [0.4, 0.5) is 10.5 Å². The van der Waals surface area contributed by atoms with Gasteiger partial charge in [0.15, 0.2) is 0 Å². The van der Waals surface area contributed by atoms with Crippen LogP contribution in [0.1, 0.15) is 36.8 Å². The number of aliphatic hydroxyl groups is 1. The molecule has 0 bridgehead atoms. The number of aliphatic hydroxyl groups excluding tert-OH is 1. The number of benzene rings is 2. The highest BCUT2D eigenvalue weighted by Gasteiger charge is 2.21. The molecule has 1 aliphatic carbocycles. The standard InChI is InChI=1S/C22H25N3O3/c23-14-13-16-5-11-20(12-6-16)28-15-17-3-1-2-4-21(17)25-22(27)24-18-7-9-19(26)10-8-18/h1-6,11-12,18-19,26H,7-10,13,15H2,(H2,24,25,27). The van der Waals surface area contributed by atoms with Gasteiger partial charge >= 0.3 is 6.03 Å². The van der Waals surface area contributed by atoms with Crippen LogP contribution in [0.15, 0.2) is 48.5 Å². The van der Waals surface area contributed by atoms with E-state index in [4.69, 9.17) is 10.00 Å². The molecule has 0 unspecified atom stereocenters. The average Bonchev–Trinajstić information content (AvgIpc) is 2.70. The summed E-state index contributed by atoms with van der Waals surface area (Å²) < 4.78 is 5.83. The van der Waals surface area contributed by atoms with Crippen molar-refractivity contribution >= 4 is 11.7 Å². The van der Waals surface area contributed by atoms with E-state index in [0.29, 0.717) is 24.5 Å². The maximum atomic E-state index is 12.3. The maximum Gasteiger partial charge on any atom is 0.319 e. The zero-order valence-corrected chi connectivity index (χ0v) is 15.7. The molecule has 1 fully saturated rings. The van der Waals surface area contributed by atoms with Gasteiger partial charge in [0.1, 0.15) is 12.4 Å². The molecule has 0 radical (unpaired) electrons. The smallest absolute Gasteiger partial charge is 0.319 e. The number of para-hydroxylation sites is 1. The first-order chi connectivity index (χ1) is 13.6. The summed E-state index contributed by atoms with van der Waals surface area (Å²) in [5.41, 5.74) is 2.53. The van der Waals surface area contributed by atoms with E-state index in [2.05, 4.69) is 16.7 Å². The van der Waals surface area contributed by atoms with Crippen molar-refractivity contribution in [3.8, 4) is 11.8 Å². The molecule has 1 saturated carbocycles. The van der Waals surface area contributed by atoms with Gasteiger partial charge in [0.25, 0.3) is 0 Å². The van der Waals surface area contributed by atoms with Crippen molar-refractivity contribution in [1.29, 1.82) is 5.26 Å². The van der Waals surface area contributed by atoms with Gasteiger partial charge in [-0.1, -0.05) is 30.3 Å². The summed E-state index contributed by atoms with van der Waals surface area (Å²) in [6.07, 6.45) is 3.17. The van der Waals surface area contributed by atoms with Crippen molar-refractivity contribution in [2.45, 2.75) is 50.9 Å². The lowest BCUT2D eigenvalue weighted by molar-refractivity contribution is 0.118. The van der Waals surface area contributed by atoms with E-state index in [-0.39, 0.29) is 18.2 Å². The minimum absolute atomic E-state index is 0.0961. The molecule has 6 nitrogen and oxygen atoms in total. The molecular formula is C22H25N3O3. The van der Waals surface area contributed by atoms with Gasteiger partial charge in [-0.2, -0.15) is 5.26 Å². The highest BCUT2D eigenvalue weighted by molar-refractivity contribution is 5.90. The summed E-state index contributed by atoms with van der Waals surface area (Å²) in [6.45, 7) is 0.323. The summed E-state index contributed by atoms with van der Waals surface area (Å²) in [4.78, 5) is 12.3. The molecule has 2 aromatic rings. The van der Waals surface area contributed by atoms with Crippen LogP contribution in [-0.4, -0.2) is 23.3 Å². The van der Waals surface area contributed by atoms with Crippen LogP contribution in [0.25, 0.3) is 0 Å². The van der Waals surface area contributed by atoms with Crippen molar-refractivity contribution in [3.63, 3.8) is 0 Å². The van der Waals surface area contributed by atoms with Gasteiger partial charge in [-0.15, -0.1) is 0 Å². The fraction of sp³-hybridized carbons (Fsp3) is 0.364. The number of rotatable bonds is 6. The lowest BCUT2D eigenvalue weighted by atomic mass is 9.93. The summed E-state index contributed by atoms with van der Waals surface area (Å²) in [5.74, 6) is 0.710. The second-order valence-electron chi connectivity index (χ2n) is 7.03. The van der Waals surface area contributed by atoms with Crippen molar-refractivity contribution in [2.75, 3.05) is 5.32 Å². The molecule has 3 rings (SSSR count). The number of nitrogens with one attached hydrogen (secondary N) is 2. The van der Waals surface area contributed by atoms with E-state index in [1.807, 2.05) is 48.5 Å². The van der Waals surface area contributed by atoms with Crippen LogP contribution in [0.2, 0.25) is 0 Å². The van der Waals surface area contributed by atoms with Crippen LogP contribution in [0, 0.1) is 11.3 Å². The number of urea groups is 1. The maximum absolute atomic E-state index is 12.3. The number of hydrogen-bond donors (Lipinski definition) is 3. The van der Waals surface area contributed by atoms with Gasteiger partial charge in [-0.25, -0.2) is 4.79 Å². The first kappa shape index (κ1) is 19.7. The average molecular weight is 379 g/mol. The van der Waals surface area contributed by atoms with Gasteiger partial charge in [0, 0.05) is 17.3 Å². The normalized spacial score (nSPS) is 18.7. The fourth-order valence-corrected chi connectivity index (χ4v) is 3.29. The van der Waals surface area contributed by atoms with E-state index in [1.54, 1.807) is 0 Å². The SMILES string of the molecule is N#CCc1ccc(OCc2ccccc2NC(=O)NC2CCC(O)CC2)cc1. The minimum Gasteiger partial charge on any atom is -0.489 e. The number of nitriles is 1. The Hall–Kier alpha value is -3.04.